The first-order valence-electron chi connectivity index (χ1n) is 4.97. The second-order valence-electron chi connectivity index (χ2n) is 4.19. The van der Waals surface area contributed by atoms with Crippen LogP contribution in [0.4, 0.5) is 0 Å². The fourth-order valence-corrected chi connectivity index (χ4v) is 2.79. The standard InChI is InChI=1S/C10H16O2/c11-8-4-1-2-6-10(8)7-3-5-9(10)12/h9,12H,1-7H2. The number of carbonyl (C=O) groups is 1. The van der Waals surface area contributed by atoms with Crippen molar-refractivity contribution in [2.75, 3.05) is 0 Å². The van der Waals surface area contributed by atoms with E-state index in [0.717, 1.165) is 38.5 Å². The van der Waals surface area contributed by atoms with E-state index in [4.69, 9.17) is 0 Å². The second kappa shape index (κ2) is 2.84. The molecule has 0 heterocycles. The summed E-state index contributed by atoms with van der Waals surface area (Å²) in [5.41, 5.74) is -0.293. The van der Waals surface area contributed by atoms with E-state index >= 15 is 0 Å². The van der Waals surface area contributed by atoms with E-state index in [0.29, 0.717) is 12.2 Å². The van der Waals surface area contributed by atoms with Gasteiger partial charge in [-0.05, 0) is 32.1 Å². The number of carbonyl (C=O) groups excluding carboxylic acids is 1. The molecule has 0 amide bonds. The van der Waals surface area contributed by atoms with Gasteiger partial charge in [0.15, 0.2) is 0 Å². The molecule has 2 rings (SSSR count). The van der Waals surface area contributed by atoms with Gasteiger partial charge in [0.2, 0.25) is 0 Å². The maximum Gasteiger partial charge on any atom is 0.141 e. The summed E-state index contributed by atoms with van der Waals surface area (Å²) in [4.78, 5) is 11.7. The normalized spacial score (nSPS) is 42.4. The fraction of sp³-hybridized carbons (Fsp3) is 0.900. The summed E-state index contributed by atoms with van der Waals surface area (Å²) in [6.07, 6.45) is 6.29. The van der Waals surface area contributed by atoms with E-state index in [2.05, 4.69) is 0 Å². The third kappa shape index (κ3) is 1.01. The lowest BCUT2D eigenvalue weighted by atomic mass is 9.70. The third-order valence-electron chi connectivity index (χ3n) is 3.57. The van der Waals surface area contributed by atoms with Crippen molar-refractivity contribution >= 4 is 5.78 Å². The van der Waals surface area contributed by atoms with E-state index < -0.39 is 0 Å². The number of Topliss-reactive ketones (excluding diaryl/α,β-unsaturated/α-hetero) is 1. The lowest BCUT2D eigenvalue weighted by Gasteiger charge is -2.34. The van der Waals surface area contributed by atoms with E-state index in [1.807, 2.05) is 0 Å². The summed E-state index contributed by atoms with van der Waals surface area (Å²) in [7, 11) is 0. The predicted octanol–water partition coefficient (Wildman–Crippen LogP) is 1.66. The number of aliphatic hydroxyl groups excluding tert-OH is 1. The van der Waals surface area contributed by atoms with Gasteiger partial charge in [-0.2, -0.15) is 0 Å². The molecule has 2 heteroatoms. The summed E-state index contributed by atoms with van der Waals surface area (Å²) in [6, 6.07) is 0. The van der Waals surface area contributed by atoms with Crippen LogP contribution in [0.2, 0.25) is 0 Å². The zero-order valence-corrected chi connectivity index (χ0v) is 7.38. The quantitative estimate of drug-likeness (QED) is 0.597. The SMILES string of the molecule is O=C1CCCCC12CCCC2O. The van der Waals surface area contributed by atoms with E-state index in [9.17, 15) is 9.90 Å². The van der Waals surface area contributed by atoms with Gasteiger partial charge >= 0.3 is 0 Å². The Labute approximate surface area is 73.0 Å². The molecule has 0 aromatic heterocycles. The molecular weight excluding hydrogens is 152 g/mol. The van der Waals surface area contributed by atoms with Crippen molar-refractivity contribution in [3.05, 3.63) is 0 Å². The van der Waals surface area contributed by atoms with Gasteiger partial charge < -0.3 is 5.11 Å². The Morgan fingerprint density at radius 2 is 2.00 bits per heavy atom. The van der Waals surface area contributed by atoms with Gasteiger partial charge in [0, 0.05) is 6.42 Å². The topological polar surface area (TPSA) is 37.3 Å². The molecule has 0 aromatic rings. The van der Waals surface area contributed by atoms with Crippen LogP contribution in [0.1, 0.15) is 44.9 Å². The van der Waals surface area contributed by atoms with Crippen LogP contribution in [-0.4, -0.2) is 17.0 Å². The summed E-state index contributed by atoms with van der Waals surface area (Å²) in [5, 5.41) is 9.75. The molecule has 2 fully saturated rings. The van der Waals surface area contributed by atoms with Crippen molar-refractivity contribution in [3.8, 4) is 0 Å². The highest BCUT2D eigenvalue weighted by Gasteiger charge is 2.48. The molecule has 2 aliphatic carbocycles. The zero-order valence-electron chi connectivity index (χ0n) is 7.38. The Morgan fingerprint density at radius 1 is 1.25 bits per heavy atom. The minimum atomic E-state index is -0.328. The summed E-state index contributed by atoms with van der Waals surface area (Å²) >= 11 is 0. The van der Waals surface area contributed by atoms with Gasteiger partial charge in [0.05, 0.1) is 11.5 Å². The first kappa shape index (κ1) is 8.24. The van der Waals surface area contributed by atoms with Crippen LogP contribution in [0.15, 0.2) is 0 Å². The van der Waals surface area contributed by atoms with Gasteiger partial charge in [0.25, 0.3) is 0 Å². The summed E-state index contributed by atoms with van der Waals surface area (Å²) in [6.45, 7) is 0. The summed E-state index contributed by atoms with van der Waals surface area (Å²) in [5.74, 6) is 0.332. The average molecular weight is 168 g/mol. The number of rotatable bonds is 0. The Bertz CT molecular complexity index is 200. The monoisotopic (exact) mass is 168 g/mol. The molecule has 0 bridgehead atoms. The van der Waals surface area contributed by atoms with Crippen molar-refractivity contribution in [2.45, 2.75) is 51.0 Å². The number of ketones is 1. The van der Waals surface area contributed by atoms with Crippen molar-refractivity contribution < 1.29 is 9.90 Å². The minimum Gasteiger partial charge on any atom is -0.392 e. The van der Waals surface area contributed by atoms with Crippen LogP contribution < -0.4 is 0 Å². The van der Waals surface area contributed by atoms with Gasteiger partial charge in [-0.25, -0.2) is 0 Å². The lowest BCUT2D eigenvalue weighted by Crippen LogP contribution is -2.40. The van der Waals surface area contributed by atoms with Gasteiger partial charge in [0.1, 0.15) is 5.78 Å². The van der Waals surface area contributed by atoms with Crippen molar-refractivity contribution in [1.82, 2.24) is 0 Å². The molecule has 2 nitrogen and oxygen atoms in total. The Morgan fingerprint density at radius 3 is 2.58 bits per heavy atom. The van der Waals surface area contributed by atoms with Gasteiger partial charge in [-0.3, -0.25) is 4.79 Å². The first-order chi connectivity index (χ1) is 5.76. The molecule has 0 aromatic carbocycles. The zero-order chi connectivity index (χ0) is 8.60. The van der Waals surface area contributed by atoms with Gasteiger partial charge in [-0.1, -0.05) is 6.42 Å². The molecule has 1 spiro atoms. The van der Waals surface area contributed by atoms with E-state index in [1.54, 1.807) is 0 Å². The molecule has 0 aliphatic heterocycles. The summed E-state index contributed by atoms with van der Waals surface area (Å²) < 4.78 is 0. The Kier molecular flexibility index (Phi) is 1.95. The molecule has 68 valence electrons. The molecule has 2 saturated carbocycles. The highest BCUT2D eigenvalue weighted by molar-refractivity contribution is 5.86. The van der Waals surface area contributed by atoms with Crippen LogP contribution in [0.5, 0.6) is 0 Å². The maximum atomic E-state index is 11.7. The maximum absolute atomic E-state index is 11.7. The number of aliphatic hydroxyl groups is 1. The average Bonchev–Trinajstić information content (AvgIpc) is 2.41. The van der Waals surface area contributed by atoms with Crippen LogP contribution in [0.3, 0.4) is 0 Å². The largest absolute Gasteiger partial charge is 0.392 e. The number of hydrogen-bond donors (Lipinski definition) is 1. The molecule has 12 heavy (non-hydrogen) atoms. The highest BCUT2D eigenvalue weighted by Crippen LogP contribution is 2.46. The minimum absolute atomic E-state index is 0.293. The van der Waals surface area contributed by atoms with Crippen molar-refractivity contribution in [3.63, 3.8) is 0 Å². The molecular formula is C10H16O2. The Balaban J connectivity index is 2.21. The molecule has 0 radical (unpaired) electrons. The third-order valence-corrected chi connectivity index (χ3v) is 3.57. The lowest BCUT2D eigenvalue weighted by molar-refractivity contribution is -0.136. The second-order valence-corrected chi connectivity index (χ2v) is 4.19. The molecule has 1 N–H and O–H groups in total. The fourth-order valence-electron chi connectivity index (χ4n) is 2.79. The van der Waals surface area contributed by atoms with Crippen molar-refractivity contribution in [2.24, 2.45) is 5.41 Å². The van der Waals surface area contributed by atoms with E-state index in [-0.39, 0.29) is 11.5 Å². The molecule has 2 atom stereocenters. The van der Waals surface area contributed by atoms with E-state index in [1.165, 1.54) is 0 Å². The highest BCUT2D eigenvalue weighted by atomic mass is 16.3. The molecule has 0 saturated heterocycles. The van der Waals surface area contributed by atoms with Crippen LogP contribution in [0, 0.1) is 5.41 Å². The predicted molar refractivity (Wildman–Crippen MR) is 45.8 cm³/mol. The van der Waals surface area contributed by atoms with Crippen LogP contribution in [0.25, 0.3) is 0 Å². The Hall–Kier alpha value is -0.370. The van der Waals surface area contributed by atoms with Gasteiger partial charge in [-0.15, -0.1) is 0 Å². The van der Waals surface area contributed by atoms with Crippen LogP contribution in [-0.2, 0) is 4.79 Å². The smallest absolute Gasteiger partial charge is 0.141 e. The molecule has 2 unspecified atom stereocenters. The van der Waals surface area contributed by atoms with Crippen LogP contribution >= 0.6 is 0 Å². The molecule has 2 aliphatic rings. The van der Waals surface area contributed by atoms with Crippen molar-refractivity contribution in [1.29, 1.82) is 0 Å². The number of hydrogen-bond acceptors (Lipinski definition) is 2. The first-order valence-corrected chi connectivity index (χ1v) is 4.97.